The molecular formula is C17H19ClN4O3. The van der Waals surface area contributed by atoms with Gasteiger partial charge in [0, 0.05) is 30.7 Å². The van der Waals surface area contributed by atoms with E-state index in [2.05, 4.69) is 15.2 Å². The van der Waals surface area contributed by atoms with Crippen molar-refractivity contribution < 1.29 is 9.66 Å². The highest BCUT2D eigenvalue weighted by Gasteiger charge is 2.22. The van der Waals surface area contributed by atoms with E-state index in [1.807, 2.05) is 24.3 Å². The molecule has 25 heavy (non-hydrogen) atoms. The van der Waals surface area contributed by atoms with E-state index >= 15 is 0 Å². The first-order chi connectivity index (χ1) is 12.1. The zero-order valence-corrected chi connectivity index (χ0v) is 14.4. The van der Waals surface area contributed by atoms with E-state index < -0.39 is 4.92 Å². The summed E-state index contributed by atoms with van der Waals surface area (Å²) in [6, 6.07) is 11.0. The fourth-order valence-electron chi connectivity index (χ4n) is 2.83. The highest BCUT2D eigenvalue weighted by atomic mass is 35.5. The number of nitrogens with zero attached hydrogens (tertiary/aromatic N) is 3. The van der Waals surface area contributed by atoms with Crippen molar-refractivity contribution in [2.45, 2.75) is 6.04 Å². The Morgan fingerprint density at radius 1 is 1.24 bits per heavy atom. The first-order valence-corrected chi connectivity index (χ1v) is 8.43. The predicted molar refractivity (Wildman–Crippen MR) is 96.0 cm³/mol. The van der Waals surface area contributed by atoms with Crippen molar-refractivity contribution >= 4 is 23.1 Å². The number of aromatic nitrogens is 1. The minimum Gasteiger partial charge on any atom is -0.379 e. The van der Waals surface area contributed by atoms with Gasteiger partial charge in [-0.2, -0.15) is 0 Å². The van der Waals surface area contributed by atoms with Crippen molar-refractivity contribution in [3.63, 3.8) is 0 Å². The maximum Gasteiger partial charge on any atom is 0.287 e. The molecule has 3 rings (SSSR count). The second-order valence-corrected chi connectivity index (χ2v) is 6.19. The number of morpholine rings is 1. The summed E-state index contributed by atoms with van der Waals surface area (Å²) in [7, 11) is 0. The molecule has 1 unspecified atom stereocenters. The van der Waals surface area contributed by atoms with Gasteiger partial charge < -0.3 is 10.1 Å². The summed E-state index contributed by atoms with van der Waals surface area (Å²) in [4.78, 5) is 16.7. The Morgan fingerprint density at radius 3 is 2.56 bits per heavy atom. The van der Waals surface area contributed by atoms with E-state index in [4.69, 9.17) is 16.3 Å². The molecule has 0 saturated carbocycles. The van der Waals surface area contributed by atoms with Crippen LogP contribution in [0.5, 0.6) is 0 Å². The van der Waals surface area contributed by atoms with Crippen LogP contribution in [0.1, 0.15) is 11.6 Å². The zero-order chi connectivity index (χ0) is 17.6. The van der Waals surface area contributed by atoms with Gasteiger partial charge in [0.1, 0.15) is 12.0 Å². The molecule has 1 aliphatic heterocycles. The number of halogens is 1. The molecule has 132 valence electrons. The van der Waals surface area contributed by atoms with Gasteiger partial charge in [0.05, 0.1) is 24.2 Å². The molecular weight excluding hydrogens is 344 g/mol. The maximum absolute atomic E-state index is 10.7. The lowest BCUT2D eigenvalue weighted by molar-refractivity contribution is -0.385. The van der Waals surface area contributed by atoms with Crippen LogP contribution in [-0.2, 0) is 4.74 Å². The van der Waals surface area contributed by atoms with Gasteiger partial charge in [0.25, 0.3) is 5.69 Å². The van der Waals surface area contributed by atoms with Crippen molar-refractivity contribution in [2.24, 2.45) is 0 Å². The molecule has 0 radical (unpaired) electrons. The summed E-state index contributed by atoms with van der Waals surface area (Å²) in [5.41, 5.74) is 1.13. The summed E-state index contributed by atoms with van der Waals surface area (Å²) < 4.78 is 5.44. The van der Waals surface area contributed by atoms with Gasteiger partial charge in [-0.25, -0.2) is 4.98 Å². The molecule has 0 spiro atoms. The second-order valence-electron chi connectivity index (χ2n) is 5.76. The van der Waals surface area contributed by atoms with Gasteiger partial charge in [0.2, 0.25) is 0 Å². The molecule has 1 saturated heterocycles. The minimum absolute atomic E-state index is 0.0204. The summed E-state index contributed by atoms with van der Waals surface area (Å²) in [6.45, 7) is 3.75. The summed E-state index contributed by atoms with van der Waals surface area (Å²) >= 11 is 6.00. The third-order valence-electron chi connectivity index (χ3n) is 4.18. The van der Waals surface area contributed by atoms with Crippen molar-refractivity contribution in [1.82, 2.24) is 9.88 Å². The fourth-order valence-corrected chi connectivity index (χ4v) is 2.96. The maximum atomic E-state index is 10.7. The third kappa shape index (κ3) is 4.66. The van der Waals surface area contributed by atoms with Crippen LogP contribution in [0.2, 0.25) is 5.02 Å². The van der Waals surface area contributed by atoms with E-state index in [-0.39, 0.29) is 11.7 Å². The summed E-state index contributed by atoms with van der Waals surface area (Å²) in [5.74, 6) is 0.609. The van der Waals surface area contributed by atoms with Crippen LogP contribution in [0.3, 0.4) is 0 Å². The fraction of sp³-hybridized carbons (Fsp3) is 0.353. The summed E-state index contributed by atoms with van der Waals surface area (Å²) in [5, 5.41) is 14.7. The minimum atomic E-state index is -0.457. The highest BCUT2D eigenvalue weighted by molar-refractivity contribution is 6.30. The van der Waals surface area contributed by atoms with Gasteiger partial charge >= 0.3 is 0 Å². The van der Waals surface area contributed by atoms with Crippen molar-refractivity contribution in [2.75, 3.05) is 38.2 Å². The average molecular weight is 363 g/mol. The number of nitrogens with one attached hydrogen (secondary N) is 1. The Morgan fingerprint density at radius 2 is 1.96 bits per heavy atom. The van der Waals surface area contributed by atoms with Crippen LogP contribution >= 0.6 is 11.6 Å². The van der Waals surface area contributed by atoms with Crippen LogP contribution < -0.4 is 5.32 Å². The molecule has 2 aromatic rings. The van der Waals surface area contributed by atoms with E-state index in [9.17, 15) is 10.1 Å². The molecule has 1 fully saturated rings. The van der Waals surface area contributed by atoms with E-state index in [1.165, 1.54) is 12.3 Å². The Kier molecular flexibility index (Phi) is 5.80. The standard InChI is InChI=1S/C17H19ClN4O3/c18-14-3-1-13(2-4-14)16(21-7-9-25-10-8-21)12-20-17-6-5-15(11-19-17)22(23)24/h1-6,11,16H,7-10,12H2,(H,19,20). The Hall–Kier alpha value is -2.22. The predicted octanol–water partition coefficient (Wildman–Crippen LogP) is 3.13. The zero-order valence-electron chi connectivity index (χ0n) is 13.6. The van der Waals surface area contributed by atoms with Gasteiger partial charge in [0.15, 0.2) is 0 Å². The number of hydrogen-bond donors (Lipinski definition) is 1. The number of nitro groups is 1. The van der Waals surface area contributed by atoms with Crippen LogP contribution in [0.25, 0.3) is 0 Å². The molecule has 1 aromatic carbocycles. The molecule has 0 aliphatic carbocycles. The number of ether oxygens (including phenoxy) is 1. The number of rotatable bonds is 6. The Bertz CT molecular complexity index is 703. The molecule has 7 nitrogen and oxygen atoms in total. The lowest BCUT2D eigenvalue weighted by atomic mass is 10.0. The molecule has 1 aliphatic rings. The number of hydrogen-bond acceptors (Lipinski definition) is 6. The quantitative estimate of drug-likeness (QED) is 0.628. The van der Waals surface area contributed by atoms with E-state index in [0.29, 0.717) is 30.6 Å². The van der Waals surface area contributed by atoms with E-state index in [0.717, 1.165) is 18.7 Å². The van der Waals surface area contributed by atoms with Crippen LogP contribution in [0.15, 0.2) is 42.6 Å². The van der Waals surface area contributed by atoms with Gasteiger partial charge in [-0.15, -0.1) is 0 Å². The topological polar surface area (TPSA) is 80.5 Å². The van der Waals surface area contributed by atoms with Crippen LogP contribution in [0.4, 0.5) is 11.5 Å². The lowest BCUT2D eigenvalue weighted by Crippen LogP contribution is -2.41. The molecule has 1 aromatic heterocycles. The Labute approximate surface area is 150 Å². The van der Waals surface area contributed by atoms with Crippen molar-refractivity contribution in [1.29, 1.82) is 0 Å². The first-order valence-electron chi connectivity index (χ1n) is 8.05. The largest absolute Gasteiger partial charge is 0.379 e. The molecule has 0 amide bonds. The molecule has 2 heterocycles. The van der Waals surface area contributed by atoms with Crippen LogP contribution in [0, 0.1) is 10.1 Å². The first kappa shape index (κ1) is 17.6. The Balaban J connectivity index is 1.72. The molecule has 8 heteroatoms. The van der Waals surface area contributed by atoms with Gasteiger partial charge in [-0.05, 0) is 23.8 Å². The summed E-state index contributed by atoms with van der Waals surface area (Å²) in [6.07, 6.45) is 1.26. The molecule has 1 atom stereocenters. The third-order valence-corrected chi connectivity index (χ3v) is 4.43. The van der Waals surface area contributed by atoms with Gasteiger partial charge in [-0.3, -0.25) is 15.0 Å². The van der Waals surface area contributed by atoms with Crippen molar-refractivity contribution in [3.8, 4) is 0 Å². The highest BCUT2D eigenvalue weighted by Crippen LogP contribution is 2.24. The molecule has 0 bridgehead atoms. The van der Waals surface area contributed by atoms with E-state index in [1.54, 1.807) is 6.07 Å². The lowest BCUT2D eigenvalue weighted by Gasteiger charge is -2.35. The smallest absolute Gasteiger partial charge is 0.287 e. The van der Waals surface area contributed by atoms with Crippen molar-refractivity contribution in [3.05, 3.63) is 63.3 Å². The SMILES string of the molecule is O=[N+]([O-])c1ccc(NCC(c2ccc(Cl)cc2)N2CCOCC2)nc1. The molecule has 1 N–H and O–H groups in total. The number of anilines is 1. The number of pyridine rings is 1. The normalized spacial score (nSPS) is 16.4. The monoisotopic (exact) mass is 362 g/mol. The van der Waals surface area contributed by atoms with Crippen LogP contribution in [-0.4, -0.2) is 47.7 Å². The van der Waals surface area contributed by atoms with Gasteiger partial charge in [-0.1, -0.05) is 23.7 Å². The number of benzene rings is 1. The second kappa shape index (κ2) is 8.24. The average Bonchev–Trinajstić information content (AvgIpc) is 2.64.